The number of carbonyl (C=O) groups excluding carboxylic acids is 2. The molecule has 0 spiro atoms. The maximum absolute atomic E-state index is 12.6. The highest BCUT2D eigenvalue weighted by atomic mass is 16.4. The maximum Gasteiger partial charge on any atom is 0.318 e. The van der Waals surface area contributed by atoms with Crippen molar-refractivity contribution in [1.82, 2.24) is 10.2 Å². The summed E-state index contributed by atoms with van der Waals surface area (Å²) in [7, 11) is 0. The number of benzene rings is 1. The molecule has 3 amide bonds. The molecule has 25 heavy (non-hydrogen) atoms. The molecule has 2 heterocycles. The van der Waals surface area contributed by atoms with E-state index in [1.54, 1.807) is 4.90 Å². The van der Waals surface area contributed by atoms with Crippen molar-refractivity contribution >= 4 is 23.6 Å². The van der Waals surface area contributed by atoms with Crippen molar-refractivity contribution in [2.24, 2.45) is 5.92 Å². The van der Waals surface area contributed by atoms with Crippen molar-refractivity contribution in [3.63, 3.8) is 0 Å². The lowest BCUT2D eigenvalue weighted by atomic mass is 9.99. The summed E-state index contributed by atoms with van der Waals surface area (Å²) in [5.74, 6) is -1.52. The van der Waals surface area contributed by atoms with Crippen LogP contribution in [0.5, 0.6) is 0 Å². The first kappa shape index (κ1) is 17.3. The second-order valence-electron chi connectivity index (χ2n) is 6.74. The second kappa shape index (κ2) is 7.13. The summed E-state index contributed by atoms with van der Waals surface area (Å²) in [6.45, 7) is 3.27. The minimum atomic E-state index is -0.875. The number of nitrogens with one attached hydrogen (secondary N) is 1. The van der Waals surface area contributed by atoms with Gasteiger partial charge in [0.15, 0.2) is 0 Å². The molecule has 1 aromatic carbocycles. The number of carboxylic acid groups (broad SMARTS) is 1. The SMILES string of the molecule is Cc1ccc(N2CCC(NC(=O)N3CCCC(C(=O)O)C3)C2=O)cc1. The molecular formula is C18H23N3O4. The van der Waals surface area contributed by atoms with E-state index in [-0.39, 0.29) is 18.5 Å². The first-order chi connectivity index (χ1) is 12.0. The van der Waals surface area contributed by atoms with Crippen LogP contribution >= 0.6 is 0 Å². The van der Waals surface area contributed by atoms with Gasteiger partial charge in [-0.2, -0.15) is 0 Å². The number of carboxylic acids is 1. The summed E-state index contributed by atoms with van der Waals surface area (Å²) < 4.78 is 0. The lowest BCUT2D eigenvalue weighted by molar-refractivity contribution is -0.143. The highest BCUT2D eigenvalue weighted by molar-refractivity contribution is 6.01. The Bertz CT molecular complexity index is 673. The zero-order valence-corrected chi connectivity index (χ0v) is 14.3. The van der Waals surface area contributed by atoms with Crippen molar-refractivity contribution in [3.8, 4) is 0 Å². The summed E-state index contributed by atoms with van der Waals surface area (Å²) in [5, 5.41) is 11.9. The van der Waals surface area contributed by atoms with Crippen LogP contribution in [0.2, 0.25) is 0 Å². The Balaban J connectivity index is 1.60. The van der Waals surface area contributed by atoms with Gasteiger partial charge in [0.25, 0.3) is 0 Å². The van der Waals surface area contributed by atoms with Crippen LogP contribution in [-0.4, -0.2) is 53.6 Å². The summed E-state index contributed by atoms with van der Waals surface area (Å²) in [6.07, 6.45) is 1.80. The fourth-order valence-corrected chi connectivity index (χ4v) is 3.40. The maximum atomic E-state index is 12.6. The van der Waals surface area contributed by atoms with E-state index in [9.17, 15) is 14.4 Å². The summed E-state index contributed by atoms with van der Waals surface area (Å²) >= 11 is 0. The number of nitrogens with zero attached hydrogens (tertiary/aromatic N) is 2. The molecule has 134 valence electrons. The summed E-state index contributed by atoms with van der Waals surface area (Å²) in [6, 6.07) is 6.80. The fourth-order valence-electron chi connectivity index (χ4n) is 3.40. The third-order valence-electron chi connectivity index (χ3n) is 4.91. The van der Waals surface area contributed by atoms with Crippen molar-refractivity contribution in [2.45, 2.75) is 32.2 Å². The number of urea groups is 1. The monoisotopic (exact) mass is 345 g/mol. The Morgan fingerprint density at radius 3 is 2.56 bits per heavy atom. The molecule has 0 saturated carbocycles. The van der Waals surface area contributed by atoms with E-state index in [0.717, 1.165) is 11.3 Å². The molecule has 1 aromatic rings. The number of hydrogen-bond acceptors (Lipinski definition) is 3. The lowest BCUT2D eigenvalue weighted by Crippen LogP contribution is -2.51. The first-order valence-corrected chi connectivity index (χ1v) is 8.62. The molecule has 7 heteroatoms. The molecule has 0 aliphatic carbocycles. The number of aryl methyl sites for hydroxylation is 1. The molecule has 0 bridgehead atoms. The van der Waals surface area contributed by atoms with E-state index in [1.165, 1.54) is 4.90 Å². The minimum absolute atomic E-state index is 0.121. The molecule has 2 atom stereocenters. The van der Waals surface area contributed by atoms with Gasteiger partial charge >= 0.3 is 12.0 Å². The second-order valence-corrected chi connectivity index (χ2v) is 6.74. The van der Waals surface area contributed by atoms with E-state index in [4.69, 9.17) is 5.11 Å². The van der Waals surface area contributed by atoms with Crippen LogP contribution in [0.15, 0.2) is 24.3 Å². The van der Waals surface area contributed by atoms with Crippen LogP contribution in [0.25, 0.3) is 0 Å². The van der Waals surface area contributed by atoms with E-state index >= 15 is 0 Å². The smallest absolute Gasteiger partial charge is 0.318 e. The normalized spacial score (nSPS) is 23.6. The van der Waals surface area contributed by atoms with Gasteiger partial charge in [-0.05, 0) is 38.3 Å². The number of amides is 3. The number of likely N-dealkylation sites (tertiary alicyclic amines) is 1. The van der Waals surface area contributed by atoms with Crippen LogP contribution in [0.1, 0.15) is 24.8 Å². The molecule has 2 aliphatic heterocycles. The first-order valence-electron chi connectivity index (χ1n) is 8.62. The van der Waals surface area contributed by atoms with Gasteiger partial charge in [-0.25, -0.2) is 4.79 Å². The quantitative estimate of drug-likeness (QED) is 0.871. The highest BCUT2D eigenvalue weighted by Crippen LogP contribution is 2.23. The number of rotatable bonds is 3. The lowest BCUT2D eigenvalue weighted by Gasteiger charge is -2.31. The van der Waals surface area contributed by atoms with Gasteiger partial charge in [-0.3, -0.25) is 9.59 Å². The van der Waals surface area contributed by atoms with Crippen molar-refractivity contribution in [1.29, 1.82) is 0 Å². The molecule has 2 saturated heterocycles. The van der Waals surface area contributed by atoms with Gasteiger partial charge in [0.1, 0.15) is 6.04 Å². The molecule has 7 nitrogen and oxygen atoms in total. The summed E-state index contributed by atoms with van der Waals surface area (Å²) in [4.78, 5) is 39.3. The van der Waals surface area contributed by atoms with E-state index < -0.39 is 17.9 Å². The summed E-state index contributed by atoms with van der Waals surface area (Å²) in [5.41, 5.74) is 1.95. The molecular weight excluding hydrogens is 322 g/mol. The zero-order valence-electron chi connectivity index (χ0n) is 14.3. The Morgan fingerprint density at radius 1 is 1.16 bits per heavy atom. The topological polar surface area (TPSA) is 90.0 Å². The average Bonchev–Trinajstić information content (AvgIpc) is 2.96. The van der Waals surface area contributed by atoms with Gasteiger partial charge in [0, 0.05) is 25.3 Å². The van der Waals surface area contributed by atoms with Crippen molar-refractivity contribution < 1.29 is 19.5 Å². The third-order valence-corrected chi connectivity index (χ3v) is 4.91. The standard InChI is InChI=1S/C18H23N3O4/c1-12-4-6-14(7-5-12)21-10-8-15(16(21)22)19-18(25)20-9-2-3-13(11-20)17(23)24/h4-7,13,15H,2-3,8-11H2,1H3,(H,19,25)(H,23,24). The van der Waals surface area contributed by atoms with Crippen LogP contribution in [-0.2, 0) is 9.59 Å². The molecule has 2 N–H and O–H groups in total. The van der Waals surface area contributed by atoms with E-state index in [2.05, 4.69) is 5.32 Å². The van der Waals surface area contributed by atoms with Gasteiger partial charge in [-0.15, -0.1) is 0 Å². The average molecular weight is 345 g/mol. The van der Waals surface area contributed by atoms with E-state index in [1.807, 2.05) is 31.2 Å². The van der Waals surface area contributed by atoms with Gasteiger partial charge < -0.3 is 20.2 Å². The predicted octanol–water partition coefficient (Wildman–Crippen LogP) is 1.61. The fraction of sp³-hybridized carbons (Fsp3) is 0.500. The molecule has 2 unspecified atom stereocenters. The van der Waals surface area contributed by atoms with Gasteiger partial charge in [0.05, 0.1) is 5.92 Å². The zero-order chi connectivity index (χ0) is 18.0. The molecule has 0 radical (unpaired) electrons. The van der Waals surface area contributed by atoms with Gasteiger partial charge in [0.2, 0.25) is 5.91 Å². The Morgan fingerprint density at radius 2 is 1.88 bits per heavy atom. The Kier molecular flexibility index (Phi) is 4.92. The van der Waals surface area contributed by atoms with Crippen LogP contribution in [0.3, 0.4) is 0 Å². The van der Waals surface area contributed by atoms with Crippen LogP contribution in [0.4, 0.5) is 10.5 Å². The molecule has 0 aromatic heterocycles. The van der Waals surface area contributed by atoms with Crippen LogP contribution in [0, 0.1) is 12.8 Å². The minimum Gasteiger partial charge on any atom is -0.481 e. The number of piperidine rings is 1. The van der Waals surface area contributed by atoms with Crippen molar-refractivity contribution in [3.05, 3.63) is 29.8 Å². The van der Waals surface area contributed by atoms with Gasteiger partial charge in [-0.1, -0.05) is 17.7 Å². The number of anilines is 1. The predicted molar refractivity (Wildman–Crippen MR) is 92.4 cm³/mol. The molecule has 3 rings (SSSR count). The van der Waals surface area contributed by atoms with Crippen molar-refractivity contribution in [2.75, 3.05) is 24.5 Å². The highest BCUT2D eigenvalue weighted by Gasteiger charge is 2.35. The number of carbonyl (C=O) groups is 3. The number of aliphatic carboxylic acids is 1. The third kappa shape index (κ3) is 3.75. The van der Waals surface area contributed by atoms with Crippen LogP contribution < -0.4 is 10.2 Å². The largest absolute Gasteiger partial charge is 0.481 e. The molecule has 2 aliphatic rings. The number of hydrogen-bond donors (Lipinski definition) is 2. The molecule has 2 fully saturated rings. The Labute approximate surface area is 146 Å². The van der Waals surface area contributed by atoms with E-state index in [0.29, 0.717) is 32.4 Å². The Hall–Kier alpha value is -2.57.